The number of benzene rings is 3. The van der Waals surface area contributed by atoms with E-state index in [1.807, 2.05) is 80.6 Å². The van der Waals surface area contributed by atoms with Gasteiger partial charge in [-0.25, -0.2) is 0 Å². The molecule has 1 unspecified atom stereocenters. The van der Waals surface area contributed by atoms with Crippen molar-refractivity contribution in [1.82, 2.24) is 5.32 Å². The van der Waals surface area contributed by atoms with Gasteiger partial charge in [0.2, 0.25) is 11.7 Å². The molecule has 1 aliphatic heterocycles. The number of nitrogens with zero attached hydrogens (tertiary/aromatic N) is 1. The lowest BCUT2D eigenvalue weighted by Crippen LogP contribution is -2.32. The molecule has 0 radical (unpaired) electrons. The zero-order valence-corrected chi connectivity index (χ0v) is 22.8. The monoisotopic (exact) mass is 540 g/mol. The first kappa shape index (κ1) is 26.1. The van der Waals surface area contributed by atoms with Crippen molar-refractivity contribution in [3.8, 4) is 5.75 Å². The smallest absolute Gasteiger partial charge is 0.339 e. The first-order chi connectivity index (χ1) is 18.6. The molecule has 0 fully saturated rings. The van der Waals surface area contributed by atoms with Gasteiger partial charge in [0.05, 0.1) is 16.8 Å². The molecular formula is C30H28N4O4S. The van der Waals surface area contributed by atoms with Crippen molar-refractivity contribution in [1.29, 1.82) is 0 Å². The van der Waals surface area contributed by atoms with E-state index in [2.05, 4.69) is 20.3 Å². The standard InChI is InChI=1S/C30H28N4O4S/c1-18-10-11-19(2)25(16-18)38-39(37)34-24-17-23(27-26(28(24)35)30(3,4)29(36)33-27)32-22-14-12-21(13-15-22)31-20-8-6-5-7-9-20/h5-17,31-32H,1-4H3,(H,33,36). The van der Waals surface area contributed by atoms with Crippen LogP contribution in [0.5, 0.6) is 5.75 Å². The number of carbonyl (C=O) groups is 2. The van der Waals surface area contributed by atoms with Crippen LogP contribution in [-0.4, -0.2) is 21.6 Å². The van der Waals surface area contributed by atoms with Crippen molar-refractivity contribution in [2.75, 3.05) is 10.6 Å². The van der Waals surface area contributed by atoms with Crippen molar-refractivity contribution < 1.29 is 18.0 Å². The summed E-state index contributed by atoms with van der Waals surface area (Å²) in [5.41, 5.74) is 4.30. The zero-order valence-electron chi connectivity index (χ0n) is 22.0. The number of allylic oxidation sites excluding steroid dienone is 1. The number of hydrogen-bond acceptors (Lipinski definition) is 6. The molecule has 2 aliphatic rings. The Kier molecular flexibility index (Phi) is 6.93. The van der Waals surface area contributed by atoms with Crippen molar-refractivity contribution in [3.63, 3.8) is 0 Å². The molecule has 1 heterocycles. The van der Waals surface area contributed by atoms with E-state index in [0.29, 0.717) is 17.1 Å². The Balaban J connectivity index is 1.43. The summed E-state index contributed by atoms with van der Waals surface area (Å²) in [5.74, 6) is -0.352. The van der Waals surface area contributed by atoms with Crippen LogP contribution in [0.2, 0.25) is 0 Å². The molecule has 0 saturated heterocycles. The Morgan fingerprint density at radius 2 is 1.51 bits per heavy atom. The van der Waals surface area contributed by atoms with E-state index in [9.17, 15) is 13.8 Å². The molecule has 0 spiro atoms. The van der Waals surface area contributed by atoms with Gasteiger partial charge in [0.1, 0.15) is 11.5 Å². The summed E-state index contributed by atoms with van der Waals surface area (Å²) in [6, 6.07) is 22.9. The first-order valence-electron chi connectivity index (χ1n) is 12.4. The van der Waals surface area contributed by atoms with Gasteiger partial charge in [-0.1, -0.05) is 30.3 Å². The van der Waals surface area contributed by atoms with Crippen LogP contribution in [0.4, 0.5) is 17.1 Å². The summed E-state index contributed by atoms with van der Waals surface area (Å²) < 4.78 is 22.5. The van der Waals surface area contributed by atoms with Crippen molar-refractivity contribution in [3.05, 3.63) is 107 Å². The van der Waals surface area contributed by atoms with Crippen LogP contribution in [0.3, 0.4) is 0 Å². The average molecular weight is 541 g/mol. The summed E-state index contributed by atoms with van der Waals surface area (Å²) in [5, 5.41) is 9.44. The highest BCUT2D eigenvalue weighted by Gasteiger charge is 2.48. The van der Waals surface area contributed by atoms with Gasteiger partial charge < -0.3 is 20.1 Å². The summed E-state index contributed by atoms with van der Waals surface area (Å²) in [6.45, 7) is 7.09. The van der Waals surface area contributed by atoms with Gasteiger partial charge in [-0.2, -0.15) is 4.21 Å². The van der Waals surface area contributed by atoms with Crippen LogP contribution < -0.4 is 20.1 Å². The average Bonchev–Trinajstić information content (AvgIpc) is 3.15. The van der Waals surface area contributed by atoms with Crippen LogP contribution in [0, 0.1) is 19.3 Å². The fourth-order valence-electron chi connectivity index (χ4n) is 4.38. The first-order valence-corrected chi connectivity index (χ1v) is 13.4. The lowest BCUT2D eigenvalue weighted by Gasteiger charge is -2.22. The molecule has 39 heavy (non-hydrogen) atoms. The van der Waals surface area contributed by atoms with Gasteiger partial charge in [-0.05, 0) is 87.4 Å². The third kappa shape index (κ3) is 5.39. The molecule has 0 bridgehead atoms. The number of nitrogens with one attached hydrogen (secondary N) is 3. The molecule has 1 aliphatic carbocycles. The Bertz CT molecular complexity index is 1590. The number of para-hydroxylation sites is 1. The highest BCUT2D eigenvalue weighted by atomic mass is 32.2. The summed E-state index contributed by atoms with van der Waals surface area (Å²) in [4.78, 5) is 26.2. The van der Waals surface area contributed by atoms with E-state index in [4.69, 9.17) is 4.18 Å². The summed E-state index contributed by atoms with van der Waals surface area (Å²) in [7, 11) is 0. The number of carbonyl (C=O) groups excluding carboxylic acids is 2. The number of Topliss-reactive ketones (excluding diaryl/α,β-unsaturated/α-hetero) is 1. The summed E-state index contributed by atoms with van der Waals surface area (Å²) in [6.07, 6.45) is 1.49. The number of rotatable bonds is 7. The predicted molar refractivity (Wildman–Crippen MR) is 154 cm³/mol. The Morgan fingerprint density at radius 3 is 2.21 bits per heavy atom. The fourth-order valence-corrected chi connectivity index (χ4v) is 5.05. The molecule has 8 nitrogen and oxygen atoms in total. The predicted octanol–water partition coefficient (Wildman–Crippen LogP) is 5.43. The van der Waals surface area contributed by atoms with Gasteiger partial charge >= 0.3 is 11.3 Å². The van der Waals surface area contributed by atoms with Crippen molar-refractivity contribution >= 4 is 45.7 Å². The van der Waals surface area contributed by atoms with E-state index in [-0.39, 0.29) is 17.2 Å². The van der Waals surface area contributed by atoms with E-state index in [1.54, 1.807) is 19.9 Å². The molecule has 5 rings (SSSR count). The highest BCUT2D eigenvalue weighted by molar-refractivity contribution is 7.79. The van der Waals surface area contributed by atoms with Gasteiger partial charge in [0, 0.05) is 22.6 Å². The van der Waals surface area contributed by atoms with Crippen LogP contribution in [0.1, 0.15) is 25.0 Å². The third-order valence-electron chi connectivity index (χ3n) is 6.60. The second-order valence-corrected chi connectivity index (χ2v) is 10.7. The zero-order chi connectivity index (χ0) is 27.7. The van der Waals surface area contributed by atoms with Crippen LogP contribution >= 0.6 is 0 Å². The highest BCUT2D eigenvalue weighted by Crippen LogP contribution is 2.40. The maximum absolute atomic E-state index is 13.4. The molecule has 1 atom stereocenters. The van der Waals surface area contributed by atoms with Gasteiger partial charge in [-0.15, -0.1) is 4.40 Å². The van der Waals surface area contributed by atoms with Gasteiger partial charge in [-0.3, -0.25) is 9.59 Å². The maximum Gasteiger partial charge on any atom is 0.339 e. The molecule has 1 amide bonds. The van der Waals surface area contributed by atoms with Gasteiger partial charge in [0.25, 0.3) is 0 Å². The minimum atomic E-state index is -2.17. The second kappa shape index (κ2) is 10.3. The van der Waals surface area contributed by atoms with E-state index in [0.717, 1.165) is 28.2 Å². The number of amides is 1. The van der Waals surface area contributed by atoms with Crippen molar-refractivity contribution in [2.24, 2.45) is 9.81 Å². The third-order valence-corrected chi connectivity index (χ3v) is 7.26. The largest absolute Gasteiger partial charge is 0.383 e. The molecule has 9 heteroatoms. The minimum Gasteiger partial charge on any atom is -0.383 e. The van der Waals surface area contributed by atoms with Crippen LogP contribution in [-0.2, 0) is 20.9 Å². The molecule has 3 aromatic carbocycles. The van der Waals surface area contributed by atoms with Crippen LogP contribution in [0.25, 0.3) is 0 Å². The van der Waals surface area contributed by atoms with Gasteiger partial charge in [0.15, 0.2) is 0 Å². The number of aryl methyl sites for hydroxylation is 2. The Morgan fingerprint density at radius 1 is 0.872 bits per heavy atom. The molecule has 3 aromatic rings. The second-order valence-electron chi connectivity index (χ2n) is 9.96. The quantitative estimate of drug-likeness (QED) is 0.345. The SMILES string of the molecule is Cc1ccc(C)c(OS(=O)N=C2C=C(Nc3ccc(Nc4ccccc4)cc3)C3=C(C2=O)C(C)(C)C(=O)N3)c1. The molecule has 3 N–H and O–H groups in total. The van der Waals surface area contributed by atoms with Crippen LogP contribution in [0.15, 0.2) is 100 Å². The number of hydrogen-bond donors (Lipinski definition) is 3. The molecule has 198 valence electrons. The fraction of sp³-hybridized carbons (Fsp3) is 0.167. The lowest BCUT2D eigenvalue weighted by molar-refractivity contribution is -0.126. The maximum atomic E-state index is 13.4. The number of ketones is 1. The molecular weight excluding hydrogens is 512 g/mol. The Hall–Kier alpha value is -4.50. The lowest BCUT2D eigenvalue weighted by atomic mass is 9.79. The summed E-state index contributed by atoms with van der Waals surface area (Å²) >= 11 is -2.17. The normalized spacial score (nSPS) is 17.8. The topological polar surface area (TPSA) is 109 Å². The minimum absolute atomic E-state index is 0.0631. The number of anilines is 3. The molecule has 0 saturated carbocycles. The molecule has 0 aromatic heterocycles. The van der Waals surface area contributed by atoms with E-state index >= 15 is 0 Å². The van der Waals surface area contributed by atoms with E-state index < -0.39 is 22.5 Å². The van der Waals surface area contributed by atoms with E-state index in [1.165, 1.54) is 6.08 Å². The Labute approximate surface area is 229 Å². The van der Waals surface area contributed by atoms with Crippen molar-refractivity contribution in [2.45, 2.75) is 27.7 Å².